The number of halogens is 3. The highest BCUT2D eigenvalue weighted by Gasteiger charge is 2.33. The minimum atomic E-state index is -4.51. The number of carboxylic acid groups (broad SMARTS) is 1. The van der Waals surface area contributed by atoms with Crippen LogP contribution < -0.4 is 15.4 Å². The van der Waals surface area contributed by atoms with Crippen LogP contribution in [0.1, 0.15) is 18.4 Å². The molecule has 0 fully saturated rings. The van der Waals surface area contributed by atoms with Crippen molar-refractivity contribution in [2.24, 2.45) is 0 Å². The van der Waals surface area contributed by atoms with E-state index in [2.05, 4.69) is 10.6 Å². The van der Waals surface area contributed by atoms with Gasteiger partial charge in [-0.25, -0.2) is 4.79 Å². The summed E-state index contributed by atoms with van der Waals surface area (Å²) in [6.07, 6.45) is -4.28. The number of aliphatic carboxylic acids is 1. The van der Waals surface area contributed by atoms with E-state index < -0.39 is 23.7 Å². The van der Waals surface area contributed by atoms with E-state index in [1.165, 1.54) is 18.2 Å². The fourth-order valence-corrected chi connectivity index (χ4v) is 1.66. The third-order valence-electron chi connectivity index (χ3n) is 2.69. The number of para-hydroxylation sites is 1. The van der Waals surface area contributed by atoms with Gasteiger partial charge in [0.05, 0.1) is 12.1 Å². The molecule has 0 radical (unpaired) electrons. The van der Waals surface area contributed by atoms with E-state index in [0.29, 0.717) is 0 Å². The summed E-state index contributed by atoms with van der Waals surface area (Å²) in [4.78, 5) is 21.6. The highest BCUT2D eigenvalue weighted by Crippen LogP contribution is 2.35. The first-order chi connectivity index (χ1) is 10.8. The van der Waals surface area contributed by atoms with Crippen LogP contribution in [-0.4, -0.2) is 36.8 Å². The number of hydrogen-bond acceptors (Lipinski definition) is 3. The summed E-state index contributed by atoms with van der Waals surface area (Å²) in [6.45, 7) is 0.0719. The van der Waals surface area contributed by atoms with E-state index in [0.717, 1.165) is 6.07 Å². The number of carbonyl (C=O) groups excluding carboxylic acids is 1. The molecule has 1 rings (SSSR count). The van der Waals surface area contributed by atoms with E-state index >= 15 is 0 Å². The van der Waals surface area contributed by atoms with E-state index in [1.807, 2.05) is 0 Å². The SMILES string of the molecule is O=C(O)CCCNC(=O)NCCOc1ccccc1C(F)(F)F. The van der Waals surface area contributed by atoms with Crippen molar-refractivity contribution in [1.82, 2.24) is 10.6 Å². The lowest BCUT2D eigenvalue weighted by Gasteiger charge is -2.14. The van der Waals surface area contributed by atoms with Crippen molar-refractivity contribution in [2.45, 2.75) is 19.0 Å². The number of carbonyl (C=O) groups is 2. The Balaban J connectivity index is 2.28. The van der Waals surface area contributed by atoms with Gasteiger partial charge in [0, 0.05) is 13.0 Å². The van der Waals surface area contributed by atoms with Gasteiger partial charge in [-0.1, -0.05) is 12.1 Å². The molecular formula is C14H17F3N2O4. The van der Waals surface area contributed by atoms with Gasteiger partial charge in [-0.3, -0.25) is 4.79 Å². The fourth-order valence-electron chi connectivity index (χ4n) is 1.66. The zero-order valence-electron chi connectivity index (χ0n) is 12.2. The molecule has 0 saturated carbocycles. The summed E-state index contributed by atoms with van der Waals surface area (Å²) in [5.74, 6) is -1.26. The zero-order chi connectivity index (χ0) is 17.3. The molecule has 23 heavy (non-hydrogen) atoms. The van der Waals surface area contributed by atoms with Gasteiger partial charge in [0.2, 0.25) is 0 Å². The van der Waals surface area contributed by atoms with Gasteiger partial charge in [-0.15, -0.1) is 0 Å². The average molecular weight is 334 g/mol. The summed E-state index contributed by atoms with van der Waals surface area (Å²) in [5.41, 5.74) is -0.877. The standard InChI is InChI=1S/C14H17F3N2O4/c15-14(16,17)10-4-1-2-5-11(10)23-9-8-19-13(22)18-7-3-6-12(20)21/h1-2,4-5H,3,6-9H2,(H,20,21)(H2,18,19,22). The van der Waals surface area contributed by atoms with Crippen molar-refractivity contribution >= 4 is 12.0 Å². The van der Waals surface area contributed by atoms with Gasteiger partial charge in [0.25, 0.3) is 0 Å². The number of amides is 2. The Kier molecular flexibility index (Phi) is 7.17. The normalized spacial score (nSPS) is 10.9. The number of alkyl halides is 3. The molecule has 0 unspecified atom stereocenters. The van der Waals surface area contributed by atoms with Crippen LogP contribution in [0.3, 0.4) is 0 Å². The van der Waals surface area contributed by atoms with Crippen LogP contribution in [0.15, 0.2) is 24.3 Å². The van der Waals surface area contributed by atoms with Gasteiger partial charge in [-0.2, -0.15) is 13.2 Å². The van der Waals surface area contributed by atoms with Crippen molar-refractivity contribution < 1.29 is 32.6 Å². The van der Waals surface area contributed by atoms with Crippen LogP contribution in [0.2, 0.25) is 0 Å². The third kappa shape index (κ3) is 7.39. The molecule has 0 aliphatic heterocycles. The lowest BCUT2D eigenvalue weighted by Crippen LogP contribution is -2.38. The quantitative estimate of drug-likeness (QED) is 0.636. The summed E-state index contributed by atoms with van der Waals surface area (Å²) in [7, 11) is 0. The highest BCUT2D eigenvalue weighted by atomic mass is 19.4. The topological polar surface area (TPSA) is 87.7 Å². The minimum Gasteiger partial charge on any atom is -0.491 e. The van der Waals surface area contributed by atoms with Crippen molar-refractivity contribution in [3.63, 3.8) is 0 Å². The number of carboxylic acids is 1. The lowest BCUT2D eigenvalue weighted by atomic mass is 10.2. The first-order valence-electron chi connectivity index (χ1n) is 6.83. The van der Waals surface area contributed by atoms with E-state index in [-0.39, 0.29) is 38.3 Å². The Bertz CT molecular complexity index is 535. The van der Waals surface area contributed by atoms with Crippen molar-refractivity contribution in [1.29, 1.82) is 0 Å². The molecule has 128 valence electrons. The number of nitrogens with one attached hydrogen (secondary N) is 2. The lowest BCUT2D eigenvalue weighted by molar-refractivity contribution is -0.139. The van der Waals surface area contributed by atoms with Crippen LogP contribution in [-0.2, 0) is 11.0 Å². The number of hydrogen-bond donors (Lipinski definition) is 3. The molecule has 0 aliphatic carbocycles. The molecule has 0 heterocycles. The summed E-state index contributed by atoms with van der Waals surface area (Å²) in [6, 6.07) is 4.27. The van der Waals surface area contributed by atoms with Crippen LogP contribution in [0, 0.1) is 0 Å². The number of ether oxygens (including phenoxy) is 1. The molecular weight excluding hydrogens is 317 g/mol. The first-order valence-corrected chi connectivity index (χ1v) is 6.83. The predicted octanol–water partition coefficient (Wildman–Crippen LogP) is 2.25. The number of benzene rings is 1. The molecule has 2 amide bonds. The van der Waals surface area contributed by atoms with E-state index in [4.69, 9.17) is 9.84 Å². The Morgan fingerprint density at radius 1 is 1.13 bits per heavy atom. The van der Waals surface area contributed by atoms with Crippen molar-refractivity contribution in [2.75, 3.05) is 19.7 Å². The Labute approximate surface area is 130 Å². The third-order valence-corrected chi connectivity index (χ3v) is 2.69. The summed E-state index contributed by atoms with van der Waals surface area (Å²) >= 11 is 0. The Morgan fingerprint density at radius 3 is 2.43 bits per heavy atom. The molecule has 0 atom stereocenters. The van der Waals surface area contributed by atoms with Crippen LogP contribution in [0.5, 0.6) is 5.75 Å². The maximum Gasteiger partial charge on any atom is 0.419 e. The molecule has 0 saturated heterocycles. The van der Waals surface area contributed by atoms with Crippen molar-refractivity contribution in [3.8, 4) is 5.75 Å². The Hall–Kier alpha value is -2.45. The minimum absolute atomic E-state index is 0.0109. The average Bonchev–Trinajstić information content (AvgIpc) is 2.47. The van der Waals surface area contributed by atoms with Crippen LogP contribution >= 0.6 is 0 Å². The maximum absolute atomic E-state index is 12.7. The molecule has 0 spiro atoms. The molecule has 0 aliphatic rings. The fraction of sp³-hybridized carbons (Fsp3) is 0.429. The monoisotopic (exact) mass is 334 g/mol. The van der Waals surface area contributed by atoms with E-state index in [1.54, 1.807) is 0 Å². The summed E-state index contributed by atoms with van der Waals surface area (Å²) in [5, 5.41) is 13.2. The summed E-state index contributed by atoms with van der Waals surface area (Å²) < 4.78 is 43.2. The van der Waals surface area contributed by atoms with Gasteiger partial charge in [0.1, 0.15) is 12.4 Å². The molecule has 1 aromatic rings. The largest absolute Gasteiger partial charge is 0.491 e. The molecule has 6 nitrogen and oxygen atoms in total. The Morgan fingerprint density at radius 2 is 1.78 bits per heavy atom. The second-order valence-corrected chi connectivity index (χ2v) is 4.52. The molecule has 0 bridgehead atoms. The zero-order valence-corrected chi connectivity index (χ0v) is 12.2. The van der Waals surface area contributed by atoms with E-state index in [9.17, 15) is 22.8 Å². The van der Waals surface area contributed by atoms with Crippen LogP contribution in [0.4, 0.5) is 18.0 Å². The molecule has 1 aromatic carbocycles. The second-order valence-electron chi connectivity index (χ2n) is 4.52. The highest BCUT2D eigenvalue weighted by molar-refractivity contribution is 5.73. The molecule has 3 N–H and O–H groups in total. The first kappa shape index (κ1) is 18.6. The molecule has 0 aromatic heterocycles. The van der Waals surface area contributed by atoms with Crippen LogP contribution in [0.25, 0.3) is 0 Å². The maximum atomic E-state index is 12.7. The van der Waals surface area contributed by atoms with Gasteiger partial charge >= 0.3 is 18.2 Å². The number of urea groups is 1. The van der Waals surface area contributed by atoms with Gasteiger partial charge in [-0.05, 0) is 18.6 Å². The van der Waals surface area contributed by atoms with Gasteiger partial charge in [0.15, 0.2) is 0 Å². The number of rotatable bonds is 8. The molecule has 9 heteroatoms. The van der Waals surface area contributed by atoms with Gasteiger partial charge < -0.3 is 20.5 Å². The van der Waals surface area contributed by atoms with Crippen molar-refractivity contribution in [3.05, 3.63) is 29.8 Å². The predicted molar refractivity (Wildman–Crippen MR) is 75.2 cm³/mol. The smallest absolute Gasteiger partial charge is 0.419 e. The second kappa shape index (κ2) is 8.86.